The van der Waals surface area contributed by atoms with Gasteiger partial charge in [-0.3, -0.25) is 4.79 Å². The lowest BCUT2D eigenvalue weighted by Gasteiger charge is -2.15. The number of carbonyl (C=O) groups is 1. The van der Waals surface area contributed by atoms with Gasteiger partial charge in [-0.1, -0.05) is 36.4 Å². The molecule has 1 aliphatic rings. The van der Waals surface area contributed by atoms with E-state index in [1.807, 2.05) is 49.4 Å². The minimum Gasteiger partial charge on any atom is -0.460 e. The molecule has 4 N–H and O–H groups in total. The molecule has 1 aliphatic heterocycles. The number of ether oxygens (including phenoxy) is 2. The smallest absolute Gasteiger partial charge is 0.387 e. The Hall–Kier alpha value is -5.29. The van der Waals surface area contributed by atoms with E-state index >= 15 is 0 Å². The summed E-state index contributed by atoms with van der Waals surface area (Å²) in [5.41, 5.74) is 15.4. The maximum Gasteiger partial charge on any atom is 0.387 e. The lowest BCUT2D eigenvalue weighted by Crippen LogP contribution is -2.32. The number of hydrogen-bond donors (Lipinski definition) is 3. The average molecular weight is 624 g/mol. The molecular formula is C35H31F2N5O4. The summed E-state index contributed by atoms with van der Waals surface area (Å²) in [4.78, 5) is 24.6. The van der Waals surface area contributed by atoms with Gasteiger partial charge in [-0.25, -0.2) is 9.97 Å². The molecule has 9 nitrogen and oxygen atoms in total. The quantitative estimate of drug-likeness (QED) is 0.151. The van der Waals surface area contributed by atoms with Crippen molar-refractivity contribution >= 4 is 34.1 Å². The number of nitrogens with one attached hydrogen (secondary N) is 2. The number of H-pyrrole nitrogens is 1. The molecule has 1 saturated heterocycles. The Morgan fingerprint density at radius 2 is 1.72 bits per heavy atom. The van der Waals surface area contributed by atoms with Crippen LogP contribution in [0.3, 0.4) is 0 Å². The summed E-state index contributed by atoms with van der Waals surface area (Å²) in [6.45, 7) is 1.52. The van der Waals surface area contributed by atoms with Gasteiger partial charge in [-0.2, -0.15) is 8.78 Å². The fourth-order valence-electron chi connectivity index (χ4n) is 6.16. The van der Waals surface area contributed by atoms with Crippen molar-refractivity contribution in [3.05, 3.63) is 83.4 Å². The van der Waals surface area contributed by atoms with Gasteiger partial charge < -0.3 is 29.9 Å². The Kier molecular flexibility index (Phi) is 7.61. The van der Waals surface area contributed by atoms with Crippen LogP contribution in [0.4, 0.5) is 14.7 Å². The van der Waals surface area contributed by atoms with Gasteiger partial charge in [-0.15, -0.1) is 0 Å². The second kappa shape index (κ2) is 11.9. The molecule has 234 valence electrons. The Morgan fingerprint density at radius 3 is 2.46 bits per heavy atom. The molecule has 0 spiro atoms. The van der Waals surface area contributed by atoms with Crippen LogP contribution in [0, 0.1) is 13.8 Å². The van der Waals surface area contributed by atoms with Crippen LogP contribution in [-0.2, 0) is 16.1 Å². The van der Waals surface area contributed by atoms with Crippen LogP contribution < -0.4 is 15.8 Å². The van der Waals surface area contributed by atoms with Crippen molar-refractivity contribution in [3.8, 4) is 39.5 Å². The van der Waals surface area contributed by atoms with Gasteiger partial charge in [0.05, 0.1) is 11.0 Å². The first kappa shape index (κ1) is 29.4. The van der Waals surface area contributed by atoms with E-state index in [0.29, 0.717) is 23.8 Å². The molecule has 11 heteroatoms. The van der Waals surface area contributed by atoms with E-state index in [0.717, 1.165) is 62.9 Å². The molecule has 0 aliphatic carbocycles. The van der Waals surface area contributed by atoms with E-state index < -0.39 is 18.6 Å². The summed E-state index contributed by atoms with van der Waals surface area (Å²) in [6, 6.07) is 20.6. The van der Waals surface area contributed by atoms with Crippen molar-refractivity contribution < 1.29 is 27.5 Å². The zero-order valence-corrected chi connectivity index (χ0v) is 25.2. The second-order valence-electron chi connectivity index (χ2n) is 11.4. The van der Waals surface area contributed by atoms with Gasteiger partial charge in [-0.05, 0) is 90.9 Å². The van der Waals surface area contributed by atoms with Gasteiger partial charge in [0, 0.05) is 17.2 Å². The molecule has 0 unspecified atom stereocenters. The monoisotopic (exact) mass is 623 g/mol. The fourth-order valence-corrected chi connectivity index (χ4v) is 6.16. The highest BCUT2D eigenvalue weighted by molar-refractivity contribution is 5.88. The number of carbonyl (C=O) groups excluding carboxylic acids is 1. The molecule has 7 rings (SSSR count). The molecule has 6 aromatic rings. The molecule has 0 amide bonds. The molecule has 4 aromatic carbocycles. The summed E-state index contributed by atoms with van der Waals surface area (Å²) < 4.78 is 42.9. The van der Waals surface area contributed by atoms with Crippen LogP contribution in [0.25, 0.3) is 55.8 Å². The highest BCUT2D eigenvalue weighted by Crippen LogP contribution is 2.38. The Morgan fingerprint density at radius 1 is 0.978 bits per heavy atom. The van der Waals surface area contributed by atoms with Crippen molar-refractivity contribution in [1.82, 2.24) is 20.3 Å². The molecular weight excluding hydrogens is 592 g/mol. The normalized spacial score (nSPS) is 14.8. The number of hydrogen-bond acceptors (Lipinski definition) is 8. The lowest BCUT2D eigenvalue weighted by atomic mass is 9.89. The SMILES string of the molecule is Cc1c(-c2ccc3nc(N)[nH]c3c2)cccc1-c1cccc(-c2nc3cc(COC(=O)[C@@H]4CCCN4)c(OC(F)F)cc3o2)c1C. The average Bonchev–Trinajstić information content (AvgIpc) is 3.79. The molecule has 0 bridgehead atoms. The second-order valence-corrected chi connectivity index (χ2v) is 11.4. The zero-order chi connectivity index (χ0) is 31.9. The number of anilines is 1. The zero-order valence-electron chi connectivity index (χ0n) is 25.2. The number of fused-ring (bicyclic) bond motifs is 2. The van der Waals surface area contributed by atoms with Gasteiger partial charge in [0.1, 0.15) is 23.9 Å². The van der Waals surface area contributed by atoms with Gasteiger partial charge >= 0.3 is 12.6 Å². The van der Waals surface area contributed by atoms with Gasteiger partial charge in [0.25, 0.3) is 0 Å². The molecule has 46 heavy (non-hydrogen) atoms. The van der Waals surface area contributed by atoms with E-state index in [9.17, 15) is 13.6 Å². The topological polar surface area (TPSA) is 128 Å². The van der Waals surface area contributed by atoms with E-state index in [1.165, 1.54) is 6.07 Å². The fraction of sp³-hybridized carbons (Fsp3) is 0.229. The number of imidazole rings is 1. The number of rotatable bonds is 8. The molecule has 2 aromatic heterocycles. The first-order valence-electron chi connectivity index (χ1n) is 15.0. The van der Waals surface area contributed by atoms with Crippen molar-refractivity contribution in [2.24, 2.45) is 0 Å². The highest BCUT2D eigenvalue weighted by atomic mass is 19.3. The van der Waals surface area contributed by atoms with Crippen LogP contribution in [0.5, 0.6) is 5.75 Å². The number of aromatic nitrogens is 3. The number of halogens is 2. The number of oxazole rings is 1. The van der Waals surface area contributed by atoms with Gasteiger partial charge in [0.2, 0.25) is 5.89 Å². The molecule has 1 atom stereocenters. The molecule has 0 radical (unpaired) electrons. The summed E-state index contributed by atoms with van der Waals surface area (Å²) in [7, 11) is 0. The van der Waals surface area contributed by atoms with Crippen LogP contribution >= 0.6 is 0 Å². The largest absolute Gasteiger partial charge is 0.460 e. The number of esters is 1. The number of nitrogens with zero attached hydrogens (tertiary/aromatic N) is 2. The van der Waals surface area contributed by atoms with Crippen LogP contribution in [0.1, 0.15) is 29.5 Å². The molecule has 1 fully saturated rings. The summed E-state index contributed by atoms with van der Waals surface area (Å²) in [6.07, 6.45) is 1.54. The van der Waals surface area contributed by atoms with Gasteiger partial charge in [0.15, 0.2) is 11.5 Å². The number of alkyl halides is 2. The minimum absolute atomic E-state index is 0.133. The Bertz CT molecular complexity index is 2100. The number of nitrogens with two attached hydrogens (primary N) is 1. The minimum atomic E-state index is -3.07. The third kappa shape index (κ3) is 5.54. The molecule has 0 saturated carbocycles. The highest BCUT2D eigenvalue weighted by Gasteiger charge is 2.25. The first-order chi connectivity index (χ1) is 22.2. The third-order valence-corrected chi connectivity index (χ3v) is 8.50. The number of benzene rings is 4. The van der Waals surface area contributed by atoms with Crippen LogP contribution in [-0.4, -0.2) is 40.1 Å². The predicted octanol–water partition coefficient (Wildman–Crippen LogP) is 7.30. The maximum absolute atomic E-state index is 13.3. The third-order valence-electron chi connectivity index (χ3n) is 8.50. The van der Waals surface area contributed by atoms with E-state index in [1.54, 1.807) is 6.07 Å². The van der Waals surface area contributed by atoms with Crippen LogP contribution in [0.2, 0.25) is 0 Å². The number of nitrogen functional groups attached to an aromatic ring is 1. The van der Waals surface area contributed by atoms with Crippen LogP contribution in [0.15, 0.2) is 71.1 Å². The van der Waals surface area contributed by atoms with E-state index in [4.69, 9.17) is 24.6 Å². The van der Waals surface area contributed by atoms with Crippen molar-refractivity contribution in [1.29, 1.82) is 0 Å². The van der Waals surface area contributed by atoms with Crippen molar-refractivity contribution in [2.75, 3.05) is 12.3 Å². The van der Waals surface area contributed by atoms with E-state index in [-0.39, 0.29) is 23.5 Å². The maximum atomic E-state index is 13.3. The van der Waals surface area contributed by atoms with Crippen molar-refractivity contribution in [2.45, 2.75) is 45.9 Å². The number of aromatic amines is 1. The molecule has 3 heterocycles. The summed E-state index contributed by atoms with van der Waals surface area (Å²) >= 11 is 0. The van der Waals surface area contributed by atoms with Crippen molar-refractivity contribution in [3.63, 3.8) is 0 Å². The standard InChI is InChI=1S/C35H31F2N5O4/c1-18-22(20-11-12-26-28(14-20)42-35(38)41-26)6-3-7-23(18)24-8-4-9-25(19(24)2)32-40-29-15-21(17-44-33(43)27-10-5-13-39-27)30(46-34(36)37)16-31(29)45-32/h3-4,6-9,11-12,14-16,27,34,39H,5,10,13,17H2,1-2H3,(H3,38,41,42)/t27-/m0/s1. The summed E-state index contributed by atoms with van der Waals surface area (Å²) in [5, 5.41) is 3.07. The van der Waals surface area contributed by atoms with E-state index in [2.05, 4.69) is 34.3 Å². The Balaban J connectivity index is 1.23. The lowest BCUT2D eigenvalue weighted by molar-refractivity contribution is -0.147. The summed E-state index contributed by atoms with van der Waals surface area (Å²) in [5.74, 6) is 0.141. The first-order valence-corrected chi connectivity index (χ1v) is 15.0. The predicted molar refractivity (Wildman–Crippen MR) is 171 cm³/mol. The Labute approximate surface area is 262 Å².